The molecule has 3 aromatic rings. The maximum Gasteiger partial charge on any atom is 0.235 e. The monoisotopic (exact) mass is 385 g/mol. The van der Waals surface area contributed by atoms with Crippen molar-refractivity contribution < 1.29 is 14.3 Å². The van der Waals surface area contributed by atoms with Crippen LogP contribution in [0.5, 0.6) is 11.5 Å². The topological polar surface area (TPSA) is 71.4 Å². The van der Waals surface area contributed by atoms with Crippen molar-refractivity contribution in [2.45, 2.75) is 25.2 Å². The highest BCUT2D eigenvalue weighted by atomic mass is 16.7. The van der Waals surface area contributed by atoms with Crippen molar-refractivity contribution in [3.05, 3.63) is 71.8 Å². The number of hydrogen-bond acceptors (Lipinski definition) is 3. The average Bonchev–Trinajstić information content (AvgIpc) is 3.40. The van der Waals surface area contributed by atoms with Gasteiger partial charge in [0.25, 0.3) is 0 Å². The first-order valence-electron chi connectivity index (χ1n) is 9.69. The van der Waals surface area contributed by atoms with Crippen LogP contribution in [-0.4, -0.2) is 12.7 Å². The van der Waals surface area contributed by atoms with Crippen molar-refractivity contribution >= 4 is 17.3 Å². The maximum atomic E-state index is 13.2. The van der Waals surface area contributed by atoms with Gasteiger partial charge in [-0.3, -0.25) is 4.79 Å². The molecule has 3 aromatic carbocycles. The van der Waals surface area contributed by atoms with Gasteiger partial charge in [0.05, 0.1) is 11.1 Å². The smallest absolute Gasteiger partial charge is 0.235 e. The van der Waals surface area contributed by atoms with Crippen LogP contribution in [0.2, 0.25) is 0 Å². The Kier molecular flexibility index (Phi) is 3.98. The summed E-state index contributed by atoms with van der Waals surface area (Å²) in [6.07, 6.45) is 1.64. The molecule has 1 amide bonds. The highest BCUT2D eigenvalue weighted by molar-refractivity contribution is 6.02. The zero-order valence-electron chi connectivity index (χ0n) is 16.1. The van der Waals surface area contributed by atoms with Gasteiger partial charge >= 0.3 is 0 Å². The van der Waals surface area contributed by atoms with Crippen LogP contribution in [0.3, 0.4) is 0 Å². The minimum Gasteiger partial charge on any atom is -0.454 e. The largest absolute Gasteiger partial charge is 0.454 e. The van der Waals surface area contributed by atoms with E-state index < -0.39 is 5.41 Å². The molecule has 1 radical (unpaired) electrons. The molecule has 1 fully saturated rings. The highest BCUT2D eigenvalue weighted by Gasteiger charge is 2.51. The third kappa shape index (κ3) is 3.09. The Morgan fingerprint density at radius 2 is 1.83 bits per heavy atom. The van der Waals surface area contributed by atoms with Crippen LogP contribution in [0.1, 0.15) is 24.0 Å². The second-order valence-corrected chi connectivity index (χ2v) is 7.71. The van der Waals surface area contributed by atoms with Gasteiger partial charge in [-0.25, -0.2) is 0 Å². The number of fused-ring (bicyclic) bond motifs is 1. The number of amides is 1. The zero-order valence-corrected chi connectivity index (χ0v) is 16.1. The molecule has 2 aliphatic rings. The molecule has 1 heterocycles. The molecule has 1 aliphatic carbocycles. The molecular formula is C24H21N2O3. The summed E-state index contributed by atoms with van der Waals surface area (Å²) in [5, 5.41) is 3.11. The fraction of sp³-hybridized carbons (Fsp3) is 0.208. The lowest BCUT2D eigenvalue weighted by molar-refractivity contribution is -0.118. The zero-order chi connectivity index (χ0) is 20.0. The van der Waals surface area contributed by atoms with Crippen molar-refractivity contribution in [2.24, 2.45) is 0 Å². The molecule has 0 bridgehead atoms. The number of anilines is 1. The molecule has 1 aliphatic heterocycles. The van der Waals surface area contributed by atoms with Gasteiger partial charge in [-0.15, -0.1) is 0 Å². The Morgan fingerprint density at radius 1 is 1.00 bits per heavy atom. The number of ether oxygens (including phenoxy) is 2. The maximum absolute atomic E-state index is 13.2. The predicted molar refractivity (Wildman–Crippen MR) is 111 cm³/mol. The van der Waals surface area contributed by atoms with Crippen LogP contribution >= 0.6 is 0 Å². The lowest BCUT2D eigenvalue weighted by Gasteiger charge is -2.17. The third-order valence-electron chi connectivity index (χ3n) is 5.78. The lowest BCUT2D eigenvalue weighted by atomic mass is 9.94. The fourth-order valence-corrected chi connectivity index (χ4v) is 3.91. The predicted octanol–water partition coefficient (Wildman–Crippen LogP) is 4.98. The normalized spacial score (nSPS) is 15.8. The van der Waals surface area contributed by atoms with Crippen LogP contribution in [0.25, 0.3) is 11.1 Å². The molecule has 0 atom stereocenters. The fourth-order valence-electron chi connectivity index (χ4n) is 3.91. The van der Waals surface area contributed by atoms with Gasteiger partial charge in [0.1, 0.15) is 0 Å². The second-order valence-electron chi connectivity index (χ2n) is 7.71. The van der Waals surface area contributed by atoms with Crippen molar-refractivity contribution in [1.29, 1.82) is 0 Å². The van der Waals surface area contributed by atoms with E-state index in [1.165, 1.54) is 0 Å². The minimum absolute atomic E-state index is 0.000380. The molecule has 0 saturated heterocycles. The number of benzene rings is 3. The van der Waals surface area contributed by atoms with E-state index in [9.17, 15) is 4.79 Å². The van der Waals surface area contributed by atoms with E-state index in [4.69, 9.17) is 15.2 Å². The molecule has 5 heteroatoms. The SMILES string of the molecule is Cc1ccc(NC(=O)C2(c3ccc4c(c3)OCO4)CC2)cc1-c1cccc([NH])c1. The minimum atomic E-state index is -0.507. The van der Waals surface area contributed by atoms with Gasteiger partial charge in [-0.2, -0.15) is 0 Å². The summed E-state index contributed by atoms with van der Waals surface area (Å²) in [6.45, 7) is 2.26. The molecule has 5 nitrogen and oxygen atoms in total. The summed E-state index contributed by atoms with van der Waals surface area (Å²) in [7, 11) is 0. The molecule has 2 N–H and O–H groups in total. The van der Waals surface area contributed by atoms with E-state index in [1.807, 2.05) is 61.5 Å². The Labute approximate surface area is 169 Å². The van der Waals surface area contributed by atoms with Crippen molar-refractivity contribution in [2.75, 3.05) is 12.1 Å². The molecule has 0 unspecified atom stereocenters. The van der Waals surface area contributed by atoms with Gasteiger partial charge in [-0.1, -0.05) is 24.3 Å². The van der Waals surface area contributed by atoms with E-state index >= 15 is 0 Å². The van der Waals surface area contributed by atoms with Gasteiger partial charge in [0.2, 0.25) is 12.7 Å². The Bertz CT molecular complexity index is 1120. The molecular weight excluding hydrogens is 364 g/mol. The number of carbonyl (C=O) groups is 1. The molecule has 0 aromatic heterocycles. The Morgan fingerprint density at radius 3 is 2.62 bits per heavy atom. The van der Waals surface area contributed by atoms with E-state index in [1.54, 1.807) is 6.07 Å². The summed E-state index contributed by atoms with van der Waals surface area (Å²) in [6, 6.07) is 19.1. The van der Waals surface area contributed by atoms with Crippen LogP contribution < -0.4 is 20.5 Å². The van der Waals surface area contributed by atoms with Gasteiger partial charge < -0.3 is 20.5 Å². The molecule has 145 valence electrons. The van der Waals surface area contributed by atoms with Crippen molar-refractivity contribution in [1.82, 2.24) is 5.73 Å². The molecule has 5 rings (SSSR count). The molecule has 29 heavy (non-hydrogen) atoms. The summed E-state index contributed by atoms with van der Waals surface area (Å²) in [4.78, 5) is 13.2. The average molecular weight is 385 g/mol. The number of hydrogen-bond donors (Lipinski definition) is 1. The van der Waals surface area contributed by atoms with Crippen LogP contribution in [0, 0.1) is 6.92 Å². The van der Waals surface area contributed by atoms with E-state index in [-0.39, 0.29) is 12.7 Å². The Hall–Kier alpha value is -3.47. The summed E-state index contributed by atoms with van der Waals surface area (Å²) in [5.74, 6) is 1.43. The Balaban J connectivity index is 1.42. The van der Waals surface area contributed by atoms with E-state index in [0.717, 1.165) is 46.5 Å². The van der Waals surface area contributed by atoms with Crippen molar-refractivity contribution in [3.63, 3.8) is 0 Å². The summed E-state index contributed by atoms with van der Waals surface area (Å²) < 4.78 is 10.9. The van der Waals surface area contributed by atoms with Crippen LogP contribution in [0.4, 0.5) is 11.4 Å². The van der Waals surface area contributed by atoms with Gasteiger partial charge in [-0.05, 0) is 78.4 Å². The highest BCUT2D eigenvalue weighted by Crippen LogP contribution is 2.51. The quantitative estimate of drug-likeness (QED) is 0.689. The third-order valence-corrected chi connectivity index (χ3v) is 5.78. The lowest BCUT2D eigenvalue weighted by Crippen LogP contribution is -2.27. The standard InChI is InChI=1S/C24H21N2O3/c1-15-5-7-19(13-20(15)16-3-2-4-18(25)11-16)26-23(27)24(9-10-24)17-6-8-21-22(12-17)29-14-28-21/h2-8,11-13,25H,9-10,14H2,1H3,(H,26,27). The van der Waals surface area contributed by atoms with Gasteiger partial charge in [0.15, 0.2) is 11.5 Å². The first-order chi connectivity index (χ1) is 14.0. The van der Waals surface area contributed by atoms with E-state index in [2.05, 4.69) is 5.32 Å². The van der Waals surface area contributed by atoms with Gasteiger partial charge in [0, 0.05) is 5.69 Å². The number of carbonyl (C=O) groups excluding carboxylic acids is 1. The number of nitrogens with one attached hydrogen (secondary N) is 2. The van der Waals surface area contributed by atoms with Crippen LogP contribution in [-0.2, 0) is 10.2 Å². The number of rotatable bonds is 4. The van der Waals surface area contributed by atoms with Crippen molar-refractivity contribution in [3.8, 4) is 22.6 Å². The summed E-state index contributed by atoms with van der Waals surface area (Å²) >= 11 is 0. The molecule has 0 spiro atoms. The van der Waals surface area contributed by atoms with Crippen LogP contribution in [0.15, 0.2) is 60.7 Å². The molecule has 1 saturated carbocycles. The number of aryl methyl sites for hydroxylation is 1. The first-order valence-corrected chi connectivity index (χ1v) is 9.69. The second kappa shape index (κ2) is 6.55. The van der Waals surface area contributed by atoms with E-state index in [0.29, 0.717) is 11.4 Å². The summed E-state index contributed by atoms with van der Waals surface area (Å²) in [5.41, 5.74) is 12.7. The first kappa shape index (κ1) is 17.6.